The Morgan fingerprint density at radius 1 is 1.35 bits per heavy atom. The summed E-state index contributed by atoms with van der Waals surface area (Å²) in [6, 6.07) is -0.216. The zero-order valence-electron chi connectivity index (χ0n) is 12.9. The van der Waals surface area contributed by atoms with Crippen molar-refractivity contribution in [1.29, 1.82) is 0 Å². The molecule has 0 aromatic rings. The van der Waals surface area contributed by atoms with Crippen molar-refractivity contribution in [2.75, 3.05) is 6.54 Å². The molecule has 1 aliphatic heterocycles. The molecule has 1 saturated carbocycles. The van der Waals surface area contributed by atoms with E-state index in [1.165, 1.54) is 12.8 Å². The Hall–Kier alpha value is -1.32. The van der Waals surface area contributed by atoms with Crippen LogP contribution in [-0.4, -0.2) is 29.4 Å². The Labute approximate surface area is 122 Å². The van der Waals surface area contributed by atoms with Crippen molar-refractivity contribution in [2.45, 2.75) is 52.5 Å². The maximum absolute atomic E-state index is 11.9. The zero-order chi connectivity index (χ0) is 14.9. The van der Waals surface area contributed by atoms with E-state index in [0.29, 0.717) is 23.7 Å². The minimum atomic E-state index is -0.203. The number of carbonyl (C=O) groups is 1. The first-order valence-electron chi connectivity index (χ1n) is 7.60. The molecule has 1 atom stereocenters. The van der Waals surface area contributed by atoms with Gasteiger partial charge in [0.1, 0.15) is 5.84 Å². The molecule has 2 amide bonds. The lowest BCUT2D eigenvalue weighted by Crippen LogP contribution is -2.47. The summed E-state index contributed by atoms with van der Waals surface area (Å²) < 4.78 is 0. The normalized spacial score (nSPS) is 31.4. The number of nitrogens with zero attached hydrogens (tertiary/aromatic N) is 2. The molecule has 2 rings (SSSR count). The molecule has 0 aromatic heterocycles. The predicted molar refractivity (Wildman–Crippen MR) is 82.6 cm³/mol. The predicted octanol–water partition coefficient (Wildman–Crippen LogP) is 3.19. The quantitative estimate of drug-likeness (QED) is 0.805. The van der Waals surface area contributed by atoms with Crippen LogP contribution in [0, 0.1) is 17.3 Å². The Balaban J connectivity index is 2.04. The lowest BCUT2D eigenvalue weighted by Gasteiger charge is -2.40. The second kappa shape index (κ2) is 5.58. The molecule has 4 nitrogen and oxygen atoms in total. The first-order chi connectivity index (χ1) is 9.34. The summed E-state index contributed by atoms with van der Waals surface area (Å²) in [6.45, 7) is 11.2. The molecule has 2 aliphatic rings. The van der Waals surface area contributed by atoms with Gasteiger partial charge in [0.05, 0.1) is 6.04 Å². The van der Waals surface area contributed by atoms with Gasteiger partial charge in [0.15, 0.2) is 0 Å². The van der Waals surface area contributed by atoms with Gasteiger partial charge in [-0.1, -0.05) is 26.8 Å². The fourth-order valence-corrected chi connectivity index (χ4v) is 3.65. The number of aliphatic imine (C=N–C) groups is 1. The van der Waals surface area contributed by atoms with E-state index in [4.69, 9.17) is 5.73 Å². The van der Waals surface area contributed by atoms with E-state index in [9.17, 15) is 4.79 Å². The van der Waals surface area contributed by atoms with Gasteiger partial charge < -0.3 is 10.6 Å². The number of urea groups is 1. The zero-order valence-corrected chi connectivity index (χ0v) is 12.9. The molecule has 0 saturated heterocycles. The van der Waals surface area contributed by atoms with Crippen molar-refractivity contribution in [3.05, 3.63) is 12.7 Å². The molecule has 1 heterocycles. The van der Waals surface area contributed by atoms with Crippen molar-refractivity contribution in [1.82, 2.24) is 4.90 Å². The fourth-order valence-electron chi connectivity index (χ4n) is 3.65. The van der Waals surface area contributed by atoms with Gasteiger partial charge in [0, 0.05) is 6.54 Å². The first-order valence-corrected chi connectivity index (χ1v) is 7.60. The van der Waals surface area contributed by atoms with Gasteiger partial charge in [0.2, 0.25) is 0 Å². The van der Waals surface area contributed by atoms with E-state index in [-0.39, 0.29) is 12.1 Å². The van der Waals surface area contributed by atoms with E-state index in [1.54, 1.807) is 11.0 Å². The van der Waals surface area contributed by atoms with Crippen LogP contribution in [0.25, 0.3) is 0 Å². The minimum absolute atomic E-state index is 0.0126. The van der Waals surface area contributed by atoms with E-state index < -0.39 is 0 Å². The van der Waals surface area contributed by atoms with Gasteiger partial charge in [-0.05, 0) is 42.9 Å². The van der Waals surface area contributed by atoms with Gasteiger partial charge in [-0.3, -0.25) is 0 Å². The molecule has 20 heavy (non-hydrogen) atoms. The molecule has 2 N–H and O–H groups in total. The van der Waals surface area contributed by atoms with Crippen LogP contribution in [0.2, 0.25) is 0 Å². The molecule has 0 bridgehead atoms. The Morgan fingerprint density at radius 2 is 1.95 bits per heavy atom. The molecule has 1 fully saturated rings. The third kappa shape index (κ3) is 2.89. The van der Waals surface area contributed by atoms with Gasteiger partial charge in [-0.15, -0.1) is 6.58 Å². The maximum Gasteiger partial charge on any atom is 0.346 e. The lowest BCUT2D eigenvalue weighted by atomic mass is 9.68. The SMILES string of the molecule is C=CCN1C(=O)N=C(N)C1C1CCC(C(C)(C)C)CC1. The number of hydrogen-bond donors (Lipinski definition) is 1. The Morgan fingerprint density at radius 3 is 2.45 bits per heavy atom. The molecular weight excluding hydrogens is 250 g/mol. The Kier molecular flexibility index (Phi) is 4.21. The van der Waals surface area contributed by atoms with Crippen molar-refractivity contribution in [3.63, 3.8) is 0 Å². The Bertz CT molecular complexity index is 414. The molecule has 4 heteroatoms. The van der Waals surface area contributed by atoms with Crippen LogP contribution >= 0.6 is 0 Å². The summed E-state index contributed by atoms with van der Waals surface area (Å²) in [5.74, 6) is 1.71. The third-order valence-corrected chi connectivity index (χ3v) is 4.88. The standard InChI is InChI=1S/C16H27N3O/c1-5-10-19-13(14(17)18-15(19)20)11-6-8-12(9-7-11)16(2,3)4/h5,11-13H,1,6-10H2,2-4H3,(H2,17,18,20). The number of amides is 2. The van der Waals surface area contributed by atoms with Crippen LogP contribution in [0.1, 0.15) is 46.5 Å². The second-order valence-electron chi connectivity index (χ2n) is 7.18. The minimum Gasteiger partial charge on any atom is -0.385 e. The summed E-state index contributed by atoms with van der Waals surface area (Å²) in [5, 5.41) is 0. The molecule has 112 valence electrons. The van der Waals surface area contributed by atoms with Crippen molar-refractivity contribution < 1.29 is 4.79 Å². The first kappa shape index (κ1) is 15.1. The molecule has 0 aromatic carbocycles. The van der Waals surface area contributed by atoms with Crippen LogP contribution in [0.5, 0.6) is 0 Å². The largest absolute Gasteiger partial charge is 0.385 e. The average Bonchev–Trinajstić information content (AvgIpc) is 2.64. The second-order valence-corrected chi connectivity index (χ2v) is 7.18. The lowest BCUT2D eigenvalue weighted by molar-refractivity contribution is 0.122. The van der Waals surface area contributed by atoms with Crippen molar-refractivity contribution >= 4 is 11.9 Å². The van der Waals surface area contributed by atoms with Crippen molar-refractivity contribution in [2.24, 2.45) is 28.0 Å². The van der Waals surface area contributed by atoms with E-state index >= 15 is 0 Å². The monoisotopic (exact) mass is 277 g/mol. The third-order valence-electron chi connectivity index (χ3n) is 4.88. The molecule has 1 unspecified atom stereocenters. The highest BCUT2D eigenvalue weighted by atomic mass is 16.2. The average molecular weight is 277 g/mol. The number of nitrogens with two attached hydrogens (primary N) is 1. The smallest absolute Gasteiger partial charge is 0.346 e. The molecule has 0 spiro atoms. The molecule has 0 radical (unpaired) electrons. The topological polar surface area (TPSA) is 58.7 Å². The summed E-state index contributed by atoms with van der Waals surface area (Å²) in [4.78, 5) is 17.6. The summed E-state index contributed by atoms with van der Waals surface area (Å²) in [6.07, 6.45) is 6.44. The molecular formula is C16H27N3O. The van der Waals surface area contributed by atoms with E-state index in [1.807, 2.05) is 0 Å². The highest BCUT2D eigenvalue weighted by Gasteiger charge is 2.41. The van der Waals surface area contributed by atoms with Gasteiger partial charge in [-0.2, -0.15) is 4.99 Å². The van der Waals surface area contributed by atoms with Crippen LogP contribution in [0.15, 0.2) is 17.6 Å². The van der Waals surface area contributed by atoms with Crippen LogP contribution < -0.4 is 5.73 Å². The fraction of sp³-hybridized carbons (Fsp3) is 0.750. The number of rotatable bonds is 3. The maximum atomic E-state index is 11.9. The number of carbonyl (C=O) groups excluding carboxylic acids is 1. The molecule has 1 aliphatic carbocycles. The van der Waals surface area contributed by atoms with Crippen LogP contribution in [0.4, 0.5) is 4.79 Å². The summed E-state index contributed by atoms with van der Waals surface area (Å²) in [5.41, 5.74) is 6.37. The van der Waals surface area contributed by atoms with Gasteiger partial charge in [0.25, 0.3) is 0 Å². The van der Waals surface area contributed by atoms with E-state index in [0.717, 1.165) is 18.8 Å². The summed E-state index contributed by atoms with van der Waals surface area (Å²) >= 11 is 0. The number of amidine groups is 1. The summed E-state index contributed by atoms with van der Waals surface area (Å²) in [7, 11) is 0. The highest BCUT2D eigenvalue weighted by molar-refractivity contribution is 6.03. The van der Waals surface area contributed by atoms with E-state index in [2.05, 4.69) is 32.3 Å². The highest BCUT2D eigenvalue weighted by Crippen LogP contribution is 2.42. The van der Waals surface area contributed by atoms with Crippen LogP contribution in [0.3, 0.4) is 0 Å². The number of hydrogen-bond acceptors (Lipinski definition) is 2. The van der Waals surface area contributed by atoms with Crippen LogP contribution in [-0.2, 0) is 0 Å². The van der Waals surface area contributed by atoms with Gasteiger partial charge >= 0.3 is 6.03 Å². The van der Waals surface area contributed by atoms with Crippen molar-refractivity contribution in [3.8, 4) is 0 Å². The van der Waals surface area contributed by atoms with Gasteiger partial charge in [-0.25, -0.2) is 4.79 Å².